The summed E-state index contributed by atoms with van der Waals surface area (Å²) in [6, 6.07) is 7.62. The lowest BCUT2D eigenvalue weighted by molar-refractivity contribution is 0.239. The van der Waals surface area contributed by atoms with Crippen molar-refractivity contribution in [1.82, 2.24) is 10.6 Å². The summed E-state index contributed by atoms with van der Waals surface area (Å²) in [5.41, 5.74) is 2.05. The van der Waals surface area contributed by atoms with Gasteiger partial charge in [-0.05, 0) is 23.5 Å². The van der Waals surface area contributed by atoms with Gasteiger partial charge in [-0.25, -0.2) is 4.79 Å². The molecular formula is C14H22N2O2. The molecule has 0 aliphatic carbocycles. The Balaban J connectivity index is 2.22. The summed E-state index contributed by atoms with van der Waals surface area (Å²) in [6.45, 7) is 5.49. The van der Waals surface area contributed by atoms with Crippen LogP contribution in [0.5, 0.6) is 0 Å². The second-order valence-electron chi connectivity index (χ2n) is 4.76. The number of hydrogen-bond acceptors (Lipinski definition) is 2. The summed E-state index contributed by atoms with van der Waals surface area (Å²) in [5.74, 6) is 0.460. The number of aliphatic hydroxyl groups is 1. The van der Waals surface area contributed by atoms with Crippen molar-refractivity contribution >= 4 is 6.03 Å². The molecule has 0 saturated heterocycles. The highest BCUT2D eigenvalue weighted by Crippen LogP contribution is 2.04. The number of benzene rings is 1. The highest BCUT2D eigenvalue weighted by Gasteiger charge is 2.01. The molecule has 18 heavy (non-hydrogen) atoms. The lowest BCUT2D eigenvalue weighted by Gasteiger charge is -2.09. The lowest BCUT2D eigenvalue weighted by atomic mass is 10.1. The van der Waals surface area contributed by atoms with Crippen molar-refractivity contribution in [2.24, 2.45) is 5.92 Å². The molecule has 0 spiro atoms. The molecule has 0 heterocycles. The number of urea groups is 1. The molecular weight excluding hydrogens is 228 g/mol. The lowest BCUT2D eigenvalue weighted by Crippen LogP contribution is -2.38. The number of carbonyl (C=O) groups is 1. The third kappa shape index (κ3) is 5.68. The summed E-state index contributed by atoms with van der Waals surface area (Å²) in [5, 5.41) is 14.5. The van der Waals surface area contributed by atoms with Gasteiger partial charge in [-0.15, -0.1) is 0 Å². The van der Waals surface area contributed by atoms with Crippen LogP contribution in [0.25, 0.3) is 0 Å². The van der Waals surface area contributed by atoms with Crippen LogP contribution >= 0.6 is 0 Å². The van der Waals surface area contributed by atoms with E-state index in [1.54, 1.807) is 0 Å². The van der Waals surface area contributed by atoms with Gasteiger partial charge >= 0.3 is 6.03 Å². The Morgan fingerprint density at radius 2 is 1.78 bits per heavy atom. The Bertz CT molecular complexity index is 361. The molecule has 0 fully saturated rings. The van der Waals surface area contributed by atoms with Crippen molar-refractivity contribution < 1.29 is 9.90 Å². The van der Waals surface area contributed by atoms with Crippen LogP contribution in [0.15, 0.2) is 24.3 Å². The zero-order chi connectivity index (χ0) is 13.4. The molecule has 4 heteroatoms. The molecule has 0 saturated carbocycles. The van der Waals surface area contributed by atoms with E-state index in [4.69, 9.17) is 5.11 Å². The van der Waals surface area contributed by atoms with Gasteiger partial charge in [0.25, 0.3) is 0 Å². The van der Waals surface area contributed by atoms with Gasteiger partial charge in [0.1, 0.15) is 0 Å². The standard InChI is InChI=1S/C14H22N2O2/c1-11(2)9-16-14(18)15-8-7-12-3-5-13(10-17)6-4-12/h3-6,11,17H,7-10H2,1-2H3,(H2,15,16,18). The second-order valence-corrected chi connectivity index (χ2v) is 4.76. The average Bonchev–Trinajstić information content (AvgIpc) is 2.37. The molecule has 1 aromatic rings. The number of rotatable bonds is 6. The number of hydrogen-bond donors (Lipinski definition) is 3. The fourth-order valence-corrected chi connectivity index (χ4v) is 1.49. The number of aliphatic hydroxyl groups excluding tert-OH is 1. The summed E-state index contributed by atoms with van der Waals surface area (Å²) in [4.78, 5) is 11.4. The normalized spacial score (nSPS) is 10.4. The van der Waals surface area contributed by atoms with Crippen molar-refractivity contribution in [2.75, 3.05) is 13.1 Å². The van der Waals surface area contributed by atoms with Crippen molar-refractivity contribution in [1.29, 1.82) is 0 Å². The maximum atomic E-state index is 11.4. The van der Waals surface area contributed by atoms with Gasteiger partial charge in [0.2, 0.25) is 0 Å². The van der Waals surface area contributed by atoms with Gasteiger partial charge in [0, 0.05) is 13.1 Å². The highest BCUT2D eigenvalue weighted by molar-refractivity contribution is 5.73. The Kier molecular flexibility index (Phi) is 6.22. The zero-order valence-electron chi connectivity index (χ0n) is 11.1. The first kappa shape index (κ1) is 14.5. The second kappa shape index (κ2) is 7.71. The van der Waals surface area contributed by atoms with E-state index in [-0.39, 0.29) is 12.6 Å². The molecule has 0 aliphatic rings. The average molecular weight is 250 g/mol. The van der Waals surface area contributed by atoms with Crippen LogP contribution in [-0.2, 0) is 13.0 Å². The molecule has 0 atom stereocenters. The number of carbonyl (C=O) groups excluding carboxylic acids is 1. The van der Waals surface area contributed by atoms with Crippen molar-refractivity contribution in [3.05, 3.63) is 35.4 Å². The maximum Gasteiger partial charge on any atom is 0.314 e. The van der Waals surface area contributed by atoms with E-state index in [1.807, 2.05) is 24.3 Å². The maximum absolute atomic E-state index is 11.4. The Morgan fingerprint density at radius 1 is 1.17 bits per heavy atom. The summed E-state index contributed by atoms with van der Waals surface area (Å²) in [7, 11) is 0. The molecule has 1 aromatic carbocycles. The molecule has 0 aromatic heterocycles. The molecule has 3 N–H and O–H groups in total. The van der Waals surface area contributed by atoms with Crippen LogP contribution in [-0.4, -0.2) is 24.2 Å². The number of amides is 2. The molecule has 0 bridgehead atoms. The van der Waals surface area contributed by atoms with Crippen LogP contribution in [0.2, 0.25) is 0 Å². The van der Waals surface area contributed by atoms with Gasteiger partial charge in [-0.1, -0.05) is 38.1 Å². The molecule has 0 aliphatic heterocycles. The minimum Gasteiger partial charge on any atom is -0.392 e. The molecule has 1 rings (SSSR count). The predicted octanol–water partition coefficient (Wildman–Crippen LogP) is 1.68. The van der Waals surface area contributed by atoms with Crippen LogP contribution in [0.3, 0.4) is 0 Å². The van der Waals surface area contributed by atoms with Crippen LogP contribution < -0.4 is 10.6 Å². The summed E-state index contributed by atoms with van der Waals surface area (Å²) < 4.78 is 0. The smallest absolute Gasteiger partial charge is 0.314 e. The van der Waals surface area contributed by atoms with E-state index < -0.39 is 0 Å². The van der Waals surface area contributed by atoms with E-state index in [9.17, 15) is 4.79 Å². The van der Waals surface area contributed by atoms with Crippen LogP contribution in [0, 0.1) is 5.92 Å². The van der Waals surface area contributed by atoms with Crippen molar-refractivity contribution in [3.8, 4) is 0 Å². The van der Waals surface area contributed by atoms with Gasteiger partial charge in [-0.3, -0.25) is 0 Å². The van der Waals surface area contributed by atoms with Gasteiger partial charge in [0.05, 0.1) is 6.61 Å². The summed E-state index contributed by atoms with van der Waals surface area (Å²) in [6.07, 6.45) is 0.792. The minimum absolute atomic E-state index is 0.0656. The first-order valence-electron chi connectivity index (χ1n) is 6.32. The first-order chi connectivity index (χ1) is 8.61. The minimum atomic E-state index is -0.115. The Labute approximate surface area is 108 Å². The third-order valence-electron chi connectivity index (χ3n) is 2.58. The summed E-state index contributed by atoms with van der Waals surface area (Å²) >= 11 is 0. The van der Waals surface area contributed by atoms with E-state index in [0.29, 0.717) is 19.0 Å². The zero-order valence-corrected chi connectivity index (χ0v) is 11.1. The first-order valence-corrected chi connectivity index (χ1v) is 6.32. The predicted molar refractivity (Wildman–Crippen MR) is 72.3 cm³/mol. The quantitative estimate of drug-likeness (QED) is 0.719. The van der Waals surface area contributed by atoms with Gasteiger partial charge < -0.3 is 15.7 Å². The monoisotopic (exact) mass is 250 g/mol. The van der Waals surface area contributed by atoms with Crippen LogP contribution in [0.4, 0.5) is 4.79 Å². The van der Waals surface area contributed by atoms with Crippen molar-refractivity contribution in [3.63, 3.8) is 0 Å². The largest absolute Gasteiger partial charge is 0.392 e. The highest BCUT2D eigenvalue weighted by atomic mass is 16.3. The Morgan fingerprint density at radius 3 is 2.33 bits per heavy atom. The molecule has 100 valence electrons. The SMILES string of the molecule is CC(C)CNC(=O)NCCc1ccc(CO)cc1. The molecule has 0 unspecified atom stereocenters. The number of nitrogens with one attached hydrogen (secondary N) is 2. The van der Waals surface area contributed by atoms with Gasteiger partial charge in [0.15, 0.2) is 0 Å². The fourth-order valence-electron chi connectivity index (χ4n) is 1.49. The molecule has 4 nitrogen and oxygen atoms in total. The third-order valence-corrected chi connectivity index (χ3v) is 2.58. The van der Waals surface area contributed by atoms with Crippen LogP contribution in [0.1, 0.15) is 25.0 Å². The van der Waals surface area contributed by atoms with E-state index in [0.717, 1.165) is 17.5 Å². The molecule has 2 amide bonds. The topological polar surface area (TPSA) is 61.4 Å². The molecule has 0 radical (unpaired) electrons. The van der Waals surface area contributed by atoms with E-state index in [2.05, 4.69) is 24.5 Å². The van der Waals surface area contributed by atoms with Crippen molar-refractivity contribution in [2.45, 2.75) is 26.9 Å². The fraction of sp³-hybridized carbons (Fsp3) is 0.500. The van der Waals surface area contributed by atoms with E-state index >= 15 is 0 Å². The van der Waals surface area contributed by atoms with E-state index in [1.165, 1.54) is 0 Å². The van der Waals surface area contributed by atoms with Gasteiger partial charge in [-0.2, -0.15) is 0 Å². The Hall–Kier alpha value is -1.55.